The van der Waals surface area contributed by atoms with Gasteiger partial charge in [0.15, 0.2) is 0 Å². The topological polar surface area (TPSA) is 19.7 Å². The summed E-state index contributed by atoms with van der Waals surface area (Å²) < 4.78 is 9.73. The predicted octanol–water partition coefficient (Wildman–Crippen LogP) is 12.9. The number of fused-ring (bicyclic) bond motifs is 11. The van der Waals surface area contributed by atoms with Crippen LogP contribution in [-0.2, 0) is 0 Å². The zero-order valence-electron chi connectivity index (χ0n) is 29.3. The Bertz CT molecular complexity index is 3200. The standard InChI is InChI=1S/C50H32N4/c1-3-15-33(16-4-1)51-43-23-11-7-19-37(43)41-31-35(27-29-47(41)51)53-45-25-13-9-21-39(45)49-40-22-10-14-26-46(40)54(50(49)53)36-28-30-48-42(32-36)38-20-8-12-24-44(38)52(48)34-17-5-2-6-18-34/h1-32H. The summed E-state index contributed by atoms with van der Waals surface area (Å²) in [5.41, 5.74) is 12.9. The molecule has 0 N–H and O–H groups in total. The van der Waals surface area contributed by atoms with Crippen LogP contribution in [0.15, 0.2) is 194 Å². The third-order valence-corrected chi connectivity index (χ3v) is 11.3. The van der Waals surface area contributed by atoms with E-state index in [0.717, 1.165) is 28.4 Å². The first-order valence-corrected chi connectivity index (χ1v) is 18.5. The molecule has 12 aromatic rings. The lowest BCUT2D eigenvalue weighted by Gasteiger charge is -2.14. The fraction of sp³-hybridized carbons (Fsp3) is 0. The van der Waals surface area contributed by atoms with Gasteiger partial charge in [0, 0.05) is 60.5 Å². The summed E-state index contributed by atoms with van der Waals surface area (Å²) in [5.74, 6) is 0. The minimum Gasteiger partial charge on any atom is -0.309 e. The van der Waals surface area contributed by atoms with Gasteiger partial charge in [-0.2, -0.15) is 0 Å². The molecule has 4 nitrogen and oxygen atoms in total. The van der Waals surface area contributed by atoms with Crippen LogP contribution in [0, 0.1) is 0 Å². The number of nitrogens with zero attached hydrogens (tertiary/aromatic N) is 4. The van der Waals surface area contributed by atoms with Crippen LogP contribution in [0.1, 0.15) is 0 Å². The monoisotopic (exact) mass is 688 g/mol. The van der Waals surface area contributed by atoms with E-state index in [2.05, 4.69) is 212 Å². The van der Waals surface area contributed by atoms with Gasteiger partial charge in [0.1, 0.15) is 5.65 Å². The average Bonchev–Trinajstić information content (AvgIpc) is 3.96. The van der Waals surface area contributed by atoms with Gasteiger partial charge in [0.2, 0.25) is 0 Å². The van der Waals surface area contributed by atoms with E-state index in [1.54, 1.807) is 0 Å². The highest BCUT2D eigenvalue weighted by atomic mass is 15.1. The molecular formula is C50H32N4. The number of hydrogen-bond acceptors (Lipinski definition) is 0. The Labute approximate surface area is 310 Å². The highest BCUT2D eigenvalue weighted by Crippen LogP contribution is 2.43. The maximum atomic E-state index is 2.48. The second-order valence-corrected chi connectivity index (χ2v) is 14.2. The lowest BCUT2D eigenvalue weighted by atomic mass is 10.1. The van der Waals surface area contributed by atoms with Gasteiger partial charge in [0.25, 0.3) is 0 Å². The van der Waals surface area contributed by atoms with Crippen LogP contribution >= 0.6 is 0 Å². The fourth-order valence-corrected chi connectivity index (χ4v) is 9.13. The molecular weight excluding hydrogens is 657 g/mol. The highest BCUT2D eigenvalue weighted by Gasteiger charge is 2.23. The van der Waals surface area contributed by atoms with Crippen molar-refractivity contribution in [1.29, 1.82) is 0 Å². The zero-order valence-corrected chi connectivity index (χ0v) is 29.3. The van der Waals surface area contributed by atoms with Crippen molar-refractivity contribution in [3.63, 3.8) is 0 Å². The summed E-state index contributed by atoms with van der Waals surface area (Å²) in [6.45, 7) is 0. The Morgan fingerprint density at radius 3 is 0.981 bits per heavy atom. The Morgan fingerprint density at radius 2 is 0.556 bits per heavy atom. The van der Waals surface area contributed by atoms with E-state index < -0.39 is 0 Å². The first kappa shape index (κ1) is 29.3. The molecule has 0 amide bonds. The highest BCUT2D eigenvalue weighted by molar-refractivity contribution is 6.23. The Hall–Kier alpha value is -7.30. The van der Waals surface area contributed by atoms with Crippen molar-refractivity contribution < 1.29 is 0 Å². The molecule has 4 heteroatoms. The molecule has 0 radical (unpaired) electrons. The molecule has 0 saturated heterocycles. The van der Waals surface area contributed by atoms with Crippen molar-refractivity contribution in [2.45, 2.75) is 0 Å². The van der Waals surface area contributed by atoms with Crippen molar-refractivity contribution in [3.8, 4) is 22.7 Å². The minimum absolute atomic E-state index is 1.13. The molecule has 0 bridgehead atoms. The molecule has 4 heterocycles. The number of para-hydroxylation sites is 6. The van der Waals surface area contributed by atoms with Gasteiger partial charge >= 0.3 is 0 Å². The van der Waals surface area contributed by atoms with Crippen molar-refractivity contribution in [3.05, 3.63) is 194 Å². The van der Waals surface area contributed by atoms with Gasteiger partial charge in [-0.05, 0) is 84.9 Å². The first-order chi connectivity index (χ1) is 26.8. The van der Waals surface area contributed by atoms with Crippen LogP contribution in [-0.4, -0.2) is 18.3 Å². The van der Waals surface area contributed by atoms with E-state index in [-0.39, 0.29) is 0 Å². The Balaban J connectivity index is 1.18. The molecule has 0 aliphatic heterocycles. The molecule has 0 aliphatic rings. The molecule has 0 fully saturated rings. The second kappa shape index (κ2) is 11.1. The molecule has 0 unspecified atom stereocenters. The van der Waals surface area contributed by atoms with Crippen LogP contribution in [0.2, 0.25) is 0 Å². The van der Waals surface area contributed by atoms with E-state index in [4.69, 9.17) is 0 Å². The summed E-state index contributed by atoms with van der Waals surface area (Å²) in [6, 6.07) is 70.6. The third kappa shape index (κ3) is 3.97. The molecule has 0 saturated carbocycles. The number of hydrogen-bond donors (Lipinski definition) is 0. The van der Waals surface area contributed by atoms with Crippen LogP contribution < -0.4 is 0 Å². The molecule has 4 aromatic heterocycles. The molecule has 8 aromatic carbocycles. The predicted molar refractivity (Wildman–Crippen MR) is 226 cm³/mol. The summed E-state index contributed by atoms with van der Waals surface area (Å²) in [5, 5.41) is 8.71. The average molecular weight is 689 g/mol. The Morgan fingerprint density at radius 1 is 0.222 bits per heavy atom. The number of rotatable bonds is 4. The second-order valence-electron chi connectivity index (χ2n) is 14.2. The molecule has 0 spiro atoms. The third-order valence-electron chi connectivity index (χ3n) is 11.3. The van der Waals surface area contributed by atoms with Gasteiger partial charge in [-0.3, -0.25) is 9.13 Å². The van der Waals surface area contributed by atoms with E-state index in [1.165, 1.54) is 70.8 Å². The summed E-state index contributed by atoms with van der Waals surface area (Å²) >= 11 is 0. The van der Waals surface area contributed by atoms with Crippen molar-refractivity contribution >= 4 is 76.5 Å². The molecule has 0 aliphatic carbocycles. The summed E-state index contributed by atoms with van der Waals surface area (Å²) in [7, 11) is 0. The molecule has 0 atom stereocenters. The maximum Gasteiger partial charge on any atom is 0.131 e. The molecule has 54 heavy (non-hydrogen) atoms. The zero-order chi connectivity index (χ0) is 35.3. The molecule has 252 valence electrons. The Kier molecular flexibility index (Phi) is 6.02. The fourth-order valence-electron chi connectivity index (χ4n) is 9.13. The van der Waals surface area contributed by atoms with Gasteiger partial charge in [0.05, 0.1) is 33.1 Å². The number of aromatic nitrogens is 4. The summed E-state index contributed by atoms with van der Waals surface area (Å²) in [4.78, 5) is 0. The lowest BCUT2D eigenvalue weighted by molar-refractivity contribution is 1.07. The SMILES string of the molecule is c1ccc(-n2c3ccccc3c3cc(-n4c5ccccc5c5c6ccccc6n(-c6ccc7c(c6)c6ccccc6n7-c6ccccc6)c54)ccc32)cc1. The lowest BCUT2D eigenvalue weighted by Crippen LogP contribution is -2.02. The van der Waals surface area contributed by atoms with Crippen LogP contribution in [0.3, 0.4) is 0 Å². The van der Waals surface area contributed by atoms with E-state index in [9.17, 15) is 0 Å². The van der Waals surface area contributed by atoms with Crippen LogP contribution in [0.25, 0.3) is 99.2 Å². The van der Waals surface area contributed by atoms with Crippen molar-refractivity contribution in [1.82, 2.24) is 18.3 Å². The summed E-state index contributed by atoms with van der Waals surface area (Å²) in [6.07, 6.45) is 0. The van der Waals surface area contributed by atoms with Gasteiger partial charge < -0.3 is 9.13 Å². The largest absolute Gasteiger partial charge is 0.309 e. The van der Waals surface area contributed by atoms with Crippen molar-refractivity contribution in [2.24, 2.45) is 0 Å². The van der Waals surface area contributed by atoms with Gasteiger partial charge in [-0.25, -0.2) is 0 Å². The van der Waals surface area contributed by atoms with Gasteiger partial charge in [-0.15, -0.1) is 0 Å². The van der Waals surface area contributed by atoms with E-state index in [0.29, 0.717) is 0 Å². The van der Waals surface area contributed by atoms with Gasteiger partial charge in [-0.1, -0.05) is 109 Å². The van der Waals surface area contributed by atoms with E-state index >= 15 is 0 Å². The number of benzene rings is 8. The maximum absolute atomic E-state index is 2.48. The first-order valence-electron chi connectivity index (χ1n) is 18.5. The smallest absolute Gasteiger partial charge is 0.131 e. The van der Waals surface area contributed by atoms with Crippen LogP contribution in [0.4, 0.5) is 0 Å². The quantitative estimate of drug-likeness (QED) is 0.175. The van der Waals surface area contributed by atoms with Crippen molar-refractivity contribution in [2.75, 3.05) is 0 Å². The molecule has 12 rings (SSSR count). The van der Waals surface area contributed by atoms with E-state index in [1.807, 2.05) is 0 Å². The van der Waals surface area contributed by atoms with Crippen LogP contribution in [0.5, 0.6) is 0 Å². The minimum atomic E-state index is 1.13. The normalized spacial score (nSPS) is 12.1.